The molecule has 0 saturated carbocycles. The fourth-order valence-electron chi connectivity index (χ4n) is 1.36. The molecule has 0 aromatic carbocycles. The van der Waals surface area contributed by atoms with Crippen LogP contribution in [0.5, 0.6) is 0 Å². The van der Waals surface area contributed by atoms with E-state index < -0.39 is 10.3 Å². The van der Waals surface area contributed by atoms with Gasteiger partial charge in [0.2, 0.25) is 0 Å². The molecule has 0 fully saturated rings. The molecule has 0 radical (unpaired) electrons. The summed E-state index contributed by atoms with van der Waals surface area (Å²) in [7, 11) is -0.511. The van der Waals surface area contributed by atoms with Gasteiger partial charge < -0.3 is 4.90 Å². The smallest absolute Gasteiger partial charge is 0.328 e. The summed E-state index contributed by atoms with van der Waals surface area (Å²) in [5, 5.41) is 0. The maximum atomic E-state index is 11.6. The van der Waals surface area contributed by atoms with Gasteiger partial charge in [-0.05, 0) is 6.92 Å². The number of hydrogen-bond acceptors (Lipinski definition) is 4. The topological polar surface area (TPSA) is 46.6 Å². The number of rotatable bonds is 3. The molecule has 0 saturated heterocycles. The standard InChI is InChI=1S/C7H15N2O3S/c1-4-9(13(10,11)12-3)6-5-8(2)7-9/h5-6H,4,7H2,1-3H3/q+1. The first-order valence-electron chi connectivity index (χ1n) is 4.04. The van der Waals surface area contributed by atoms with Crippen LogP contribution in [0.1, 0.15) is 6.92 Å². The van der Waals surface area contributed by atoms with Crippen LogP contribution in [0.4, 0.5) is 0 Å². The van der Waals surface area contributed by atoms with Gasteiger partial charge in [0.25, 0.3) is 0 Å². The molecule has 0 bridgehead atoms. The zero-order valence-corrected chi connectivity index (χ0v) is 8.91. The van der Waals surface area contributed by atoms with E-state index in [1.165, 1.54) is 7.11 Å². The maximum absolute atomic E-state index is 11.6. The second kappa shape index (κ2) is 3.28. The molecule has 6 heteroatoms. The lowest BCUT2D eigenvalue weighted by molar-refractivity contribution is -0.757. The van der Waals surface area contributed by atoms with Crippen molar-refractivity contribution < 1.29 is 16.5 Å². The quantitative estimate of drug-likeness (QED) is 0.615. The monoisotopic (exact) mass is 207 g/mol. The van der Waals surface area contributed by atoms with Crippen molar-refractivity contribution in [2.24, 2.45) is 0 Å². The highest BCUT2D eigenvalue weighted by Gasteiger charge is 2.43. The van der Waals surface area contributed by atoms with Gasteiger partial charge >= 0.3 is 10.3 Å². The molecular formula is C7H15N2O3S+. The Balaban J connectivity index is 3.04. The Morgan fingerprint density at radius 3 is 2.54 bits per heavy atom. The van der Waals surface area contributed by atoms with E-state index in [4.69, 9.17) is 0 Å². The van der Waals surface area contributed by atoms with Gasteiger partial charge in [-0.1, -0.05) is 0 Å². The highest BCUT2D eigenvalue weighted by Crippen LogP contribution is 2.23. The lowest BCUT2D eigenvalue weighted by Crippen LogP contribution is -2.49. The average Bonchev–Trinajstić information content (AvgIpc) is 2.49. The molecule has 0 aliphatic carbocycles. The summed E-state index contributed by atoms with van der Waals surface area (Å²) < 4.78 is 27.5. The van der Waals surface area contributed by atoms with Crippen molar-refractivity contribution in [3.05, 3.63) is 12.4 Å². The largest absolute Gasteiger partial charge is 0.441 e. The SMILES string of the molecule is CC[N+]1(S(=O)(=O)OC)C=CN(C)C1. The summed E-state index contributed by atoms with van der Waals surface area (Å²) in [6.07, 6.45) is 3.39. The van der Waals surface area contributed by atoms with Crippen molar-refractivity contribution in [2.75, 3.05) is 27.4 Å². The van der Waals surface area contributed by atoms with Crippen LogP contribution in [0.25, 0.3) is 0 Å². The lowest BCUT2D eigenvalue weighted by Gasteiger charge is -2.27. The predicted octanol–water partition coefficient (Wildman–Crippen LogP) is 0.0884. The highest BCUT2D eigenvalue weighted by atomic mass is 32.2. The number of hydrogen-bond donors (Lipinski definition) is 0. The molecule has 0 spiro atoms. The zero-order valence-electron chi connectivity index (χ0n) is 8.10. The van der Waals surface area contributed by atoms with Crippen molar-refractivity contribution in [2.45, 2.75) is 6.92 Å². The molecule has 0 amide bonds. The number of nitrogens with zero attached hydrogens (tertiary/aromatic N) is 2. The Kier molecular flexibility index (Phi) is 2.65. The van der Waals surface area contributed by atoms with Crippen LogP contribution in [-0.4, -0.2) is 44.6 Å². The second-order valence-electron chi connectivity index (χ2n) is 3.06. The minimum absolute atomic E-state index is 0.153. The van der Waals surface area contributed by atoms with Crippen molar-refractivity contribution in [1.29, 1.82) is 0 Å². The highest BCUT2D eigenvalue weighted by molar-refractivity contribution is 7.81. The van der Waals surface area contributed by atoms with Crippen molar-refractivity contribution in [3.63, 3.8) is 0 Å². The van der Waals surface area contributed by atoms with Crippen LogP contribution < -0.4 is 0 Å². The fourth-order valence-corrected chi connectivity index (χ4v) is 2.50. The second-order valence-corrected chi connectivity index (χ2v) is 4.98. The molecule has 0 aromatic heterocycles. The minimum atomic E-state index is -3.53. The normalized spacial score (nSPS) is 28.4. The molecule has 1 aliphatic heterocycles. The van der Waals surface area contributed by atoms with Crippen molar-refractivity contribution >= 4 is 10.3 Å². The van der Waals surface area contributed by atoms with Crippen LogP contribution in [0.15, 0.2) is 12.4 Å². The molecule has 1 aliphatic rings. The summed E-state index contributed by atoms with van der Waals surface area (Å²) in [6, 6.07) is 0. The fraction of sp³-hybridized carbons (Fsp3) is 0.714. The van der Waals surface area contributed by atoms with Gasteiger partial charge in [0.15, 0.2) is 6.67 Å². The van der Waals surface area contributed by atoms with Gasteiger partial charge in [-0.25, -0.2) is 4.18 Å². The summed E-state index contributed by atoms with van der Waals surface area (Å²) in [5.74, 6) is 0. The Morgan fingerprint density at radius 1 is 1.62 bits per heavy atom. The third kappa shape index (κ3) is 1.56. The summed E-state index contributed by atoms with van der Waals surface area (Å²) in [6.45, 7) is 2.70. The predicted molar refractivity (Wildman–Crippen MR) is 48.5 cm³/mol. The van der Waals surface area contributed by atoms with Gasteiger partial charge in [-0.3, -0.25) is 0 Å². The van der Waals surface area contributed by atoms with Gasteiger partial charge in [0, 0.05) is 7.05 Å². The molecule has 1 atom stereocenters. The third-order valence-corrected chi connectivity index (χ3v) is 4.05. The molecule has 76 valence electrons. The molecular weight excluding hydrogens is 192 g/mol. The maximum Gasteiger partial charge on any atom is 0.441 e. The molecule has 1 unspecified atom stereocenters. The van der Waals surface area contributed by atoms with E-state index in [0.29, 0.717) is 13.2 Å². The summed E-state index contributed by atoms with van der Waals surface area (Å²) in [4.78, 5) is 1.82. The van der Waals surface area contributed by atoms with Crippen LogP contribution >= 0.6 is 0 Å². The van der Waals surface area contributed by atoms with E-state index in [0.717, 1.165) is 0 Å². The first-order valence-corrected chi connectivity index (χ1v) is 5.41. The van der Waals surface area contributed by atoms with E-state index in [2.05, 4.69) is 4.18 Å². The molecule has 5 nitrogen and oxygen atoms in total. The van der Waals surface area contributed by atoms with Crippen LogP contribution in [0, 0.1) is 0 Å². The molecule has 0 N–H and O–H groups in total. The van der Waals surface area contributed by atoms with Crippen molar-refractivity contribution in [3.8, 4) is 0 Å². The molecule has 13 heavy (non-hydrogen) atoms. The first-order chi connectivity index (χ1) is 5.97. The Hall–Kier alpha value is -0.590. The minimum Gasteiger partial charge on any atom is -0.328 e. The van der Waals surface area contributed by atoms with E-state index >= 15 is 0 Å². The van der Waals surface area contributed by atoms with Gasteiger partial charge in [0.05, 0.1) is 19.9 Å². The van der Waals surface area contributed by atoms with E-state index in [-0.39, 0.29) is 3.89 Å². The first kappa shape index (κ1) is 10.5. The molecule has 1 heterocycles. The third-order valence-electron chi connectivity index (χ3n) is 2.25. The molecule has 1 rings (SSSR count). The Labute approximate surface area is 79.0 Å². The van der Waals surface area contributed by atoms with Crippen LogP contribution in [-0.2, 0) is 14.5 Å². The van der Waals surface area contributed by atoms with Gasteiger partial charge in [-0.15, -0.1) is 12.3 Å². The average molecular weight is 207 g/mol. The molecule has 0 aromatic rings. The van der Waals surface area contributed by atoms with Gasteiger partial charge in [0.1, 0.15) is 6.20 Å². The Morgan fingerprint density at radius 2 is 2.23 bits per heavy atom. The van der Waals surface area contributed by atoms with Crippen molar-refractivity contribution in [1.82, 2.24) is 4.90 Å². The summed E-state index contributed by atoms with van der Waals surface area (Å²) >= 11 is 0. The van der Waals surface area contributed by atoms with E-state index in [1.807, 2.05) is 18.9 Å². The van der Waals surface area contributed by atoms with Crippen LogP contribution in [0.2, 0.25) is 0 Å². The zero-order chi connectivity index (χ0) is 10.1. The number of quaternary nitrogens is 1. The lowest BCUT2D eigenvalue weighted by atomic mass is 10.6. The van der Waals surface area contributed by atoms with Gasteiger partial charge in [-0.2, -0.15) is 0 Å². The van der Waals surface area contributed by atoms with Crippen LogP contribution in [0.3, 0.4) is 0 Å². The van der Waals surface area contributed by atoms with E-state index in [9.17, 15) is 8.42 Å². The summed E-state index contributed by atoms with van der Waals surface area (Å²) in [5.41, 5.74) is 0. The Bertz CT molecular complexity index is 312. The van der Waals surface area contributed by atoms with E-state index in [1.54, 1.807) is 12.4 Å².